The molecular formula is C19H31N7O2. The maximum absolute atomic E-state index is 12.7. The zero-order valence-electron chi connectivity index (χ0n) is 17.1. The maximum Gasteiger partial charge on any atom is 0.276 e. The molecule has 9 nitrogen and oxygen atoms in total. The molecule has 2 aromatic heterocycles. The van der Waals surface area contributed by atoms with Crippen LogP contribution in [0.1, 0.15) is 73.3 Å². The monoisotopic (exact) mass is 389 g/mol. The van der Waals surface area contributed by atoms with Crippen molar-refractivity contribution >= 4 is 5.91 Å². The van der Waals surface area contributed by atoms with Crippen LogP contribution in [-0.2, 0) is 13.0 Å². The number of nitrogens with zero attached hydrogens (tertiary/aromatic N) is 6. The maximum atomic E-state index is 12.7. The highest BCUT2D eigenvalue weighted by molar-refractivity contribution is 5.93. The summed E-state index contributed by atoms with van der Waals surface area (Å²) in [7, 11) is 0. The first kappa shape index (κ1) is 20.4. The van der Waals surface area contributed by atoms with Crippen LogP contribution < -0.4 is 0 Å². The summed E-state index contributed by atoms with van der Waals surface area (Å²) in [6.07, 6.45) is 4.59. The molecule has 1 atom stereocenters. The minimum atomic E-state index is -0.0682. The number of hydrogen-bond donors (Lipinski definition) is 2. The van der Waals surface area contributed by atoms with Gasteiger partial charge in [-0.05, 0) is 38.5 Å². The van der Waals surface area contributed by atoms with Crippen LogP contribution >= 0.6 is 0 Å². The summed E-state index contributed by atoms with van der Waals surface area (Å²) < 4.78 is 1.86. The van der Waals surface area contributed by atoms with Gasteiger partial charge in [-0.1, -0.05) is 13.8 Å². The van der Waals surface area contributed by atoms with Gasteiger partial charge in [-0.25, -0.2) is 9.67 Å². The second-order valence-electron chi connectivity index (χ2n) is 7.94. The van der Waals surface area contributed by atoms with E-state index in [0.717, 1.165) is 43.8 Å². The van der Waals surface area contributed by atoms with Crippen molar-refractivity contribution in [1.82, 2.24) is 35.1 Å². The van der Waals surface area contributed by atoms with Gasteiger partial charge in [0.1, 0.15) is 5.82 Å². The van der Waals surface area contributed by atoms with E-state index in [4.69, 9.17) is 4.98 Å². The van der Waals surface area contributed by atoms with E-state index in [1.165, 1.54) is 0 Å². The molecule has 0 radical (unpaired) electrons. The second-order valence-corrected chi connectivity index (χ2v) is 7.94. The third kappa shape index (κ3) is 4.76. The van der Waals surface area contributed by atoms with Crippen LogP contribution in [0.2, 0.25) is 0 Å². The minimum absolute atomic E-state index is 0.0444. The zero-order valence-corrected chi connectivity index (χ0v) is 17.1. The first-order chi connectivity index (χ1) is 13.5. The van der Waals surface area contributed by atoms with Crippen LogP contribution in [0.3, 0.4) is 0 Å². The molecule has 1 amide bonds. The Bertz CT molecular complexity index is 783. The van der Waals surface area contributed by atoms with Crippen molar-refractivity contribution in [2.24, 2.45) is 5.92 Å². The van der Waals surface area contributed by atoms with Gasteiger partial charge in [0.25, 0.3) is 5.91 Å². The molecule has 1 saturated heterocycles. The Morgan fingerprint density at radius 1 is 1.29 bits per heavy atom. The molecule has 0 saturated carbocycles. The van der Waals surface area contributed by atoms with Gasteiger partial charge in [-0.2, -0.15) is 20.5 Å². The van der Waals surface area contributed by atoms with Crippen molar-refractivity contribution in [3.8, 4) is 0 Å². The number of hydrogen-bond acceptors (Lipinski definition) is 6. The van der Waals surface area contributed by atoms with Gasteiger partial charge in [0.05, 0.1) is 18.8 Å². The molecule has 1 fully saturated rings. The van der Waals surface area contributed by atoms with Crippen LogP contribution in [0, 0.1) is 12.8 Å². The highest BCUT2D eigenvalue weighted by atomic mass is 16.3. The zero-order chi connectivity index (χ0) is 20.1. The lowest BCUT2D eigenvalue weighted by Crippen LogP contribution is -2.32. The number of likely N-dealkylation sites (tertiary alicyclic amines) is 1. The number of carbonyl (C=O) groups is 1. The van der Waals surface area contributed by atoms with E-state index in [0.29, 0.717) is 36.9 Å². The number of aliphatic hydroxyl groups is 1. The molecule has 0 aromatic carbocycles. The fraction of sp³-hybridized carbons (Fsp3) is 0.737. The minimum Gasteiger partial charge on any atom is -0.394 e. The first-order valence-electron chi connectivity index (χ1n) is 10.2. The Morgan fingerprint density at radius 3 is 2.79 bits per heavy atom. The number of carbonyl (C=O) groups excluding carboxylic acids is 1. The Morgan fingerprint density at radius 2 is 2.11 bits per heavy atom. The average Bonchev–Trinajstić information content (AvgIpc) is 3.18. The number of aliphatic hydroxyl groups excluding tert-OH is 1. The second kappa shape index (κ2) is 9.27. The van der Waals surface area contributed by atoms with Crippen molar-refractivity contribution in [3.05, 3.63) is 23.0 Å². The van der Waals surface area contributed by atoms with Gasteiger partial charge in [0.2, 0.25) is 0 Å². The van der Waals surface area contributed by atoms with Crippen LogP contribution in [0.15, 0.2) is 0 Å². The van der Waals surface area contributed by atoms with Crippen molar-refractivity contribution in [2.45, 2.75) is 65.3 Å². The lowest BCUT2D eigenvalue weighted by Gasteiger charge is -2.19. The molecule has 2 aromatic rings. The molecule has 0 spiro atoms. The van der Waals surface area contributed by atoms with Gasteiger partial charge >= 0.3 is 0 Å². The number of aryl methyl sites for hydroxylation is 2. The number of aromatic amines is 1. The van der Waals surface area contributed by atoms with E-state index < -0.39 is 0 Å². The number of amides is 1. The predicted molar refractivity (Wildman–Crippen MR) is 104 cm³/mol. The molecule has 3 rings (SSSR count). The third-order valence-corrected chi connectivity index (χ3v) is 5.31. The molecule has 28 heavy (non-hydrogen) atoms. The van der Waals surface area contributed by atoms with Gasteiger partial charge in [-0.3, -0.25) is 4.79 Å². The van der Waals surface area contributed by atoms with Crippen molar-refractivity contribution < 1.29 is 9.90 Å². The molecule has 1 aliphatic heterocycles. The van der Waals surface area contributed by atoms with E-state index >= 15 is 0 Å². The molecule has 154 valence electrons. The molecule has 0 aliphatic carbocycles. The summed E-state index contributed by atoms with van der Waals surface area (Å²) >= 11 is 0. The summed E-state index contributed by atoms with van der Waals surface area (Å²) in [6.45, 7) is 8.04. The van der Waals surface area contributed by atoms with Crippen molar-refractivity contribution in [2.75, 3.05) is 19.7 Å². The standard InChI is InChI=1S/C19H31N7O2/c1-13(2)6-7-16-20-18(26(23-16)11-12-27)15-5-4-9-25(10-8-15)19(28)17-14(3)21-24-22-17/h13,15,27H,4-12H2,1-3H3,(H,21,22,24). The quantitative estimate of drug-likeness (QED) is 0.745. The SMILES string of the molecule is Cc1n[nH]nc1C(=O)N1CCCC(c2nc(CCC(C)C)nn2CCO)CC1. The molecule has 2 N–H and O–H groups in total. The highest BCUT2D eigenvalue weighted by Crippen LogP contribution is 2.28. The largest absolute Gasteiger partial charge is 0.394 e. The lowest BCUT2D eigenvalue weighted by atomic mass is 10.00. The van der Waals surface area contributed by atoms with E-state index in [1.807, 2.05) is 9.58 Å². The van der Waals surface area contributed by atoms with E-state index in [9.17, 15) is 9.90 Å². The fourth-order valence-corrected chi connectivity index (χ4v) is 3.68. The fourth-order valence-electron chi connectivity index (χ4n) is 3.68. The van der Waals surface area contributed by atoms with Crippen LogP contribution in [0.5, 0.6) is 0 Å². The van der Waals surface area contributed by atoms with E-state index in [1.54, 1.807) is 6.92 Å². The Labute approximate surface area is 165 Å². The van der Waals surface area contributed by atoms with Gasteiger partial charge in [0, 0.05) is 25.4 Å². The molecular weight excluding hydrogens is 358 g/mol. The summed E-state index contributed by atoms with van der Waals surface area (Å²) in [6, 6.07) is 0. The molecule has 3 heterocycles. The van der Waals surface area contributed by atoms with Crippen LogP contribution in [0.4, 0.5) is 0 Å². The van der Waals surface area contributed by atoms with Gasteiger partial charge in [-0.15, -0.1) is 0 Å². The smallest absolute Gasteiger partial charge is 0.276 e. The van der Waals surface area contributed by atoms with Gasteiger partial charge < -0.3 is 10.0 Å². The predicted octanol–water partition coefficient (Wildman–Crippen LogP) is 1.70. The molecule has 1 unspecified atom stereocenters. The summed E-state index contributed by atoms with van der Waals surface area (Å²) in [5.41, 5.74) is 1.03. The van der Waals surface area contributed by atoms with Crippen LogP contribution in [-0.4, -0.2) is 65.8 Å². The van der Waals surface area contributed by atoms with E-state index in [-0.39, 0.29) is 18.4 Å². The Balaban J connectivity index is 1.70. The van der Waals surface area contributed by atoms with Crippen LogP contribution in [0.25, 0.3) is 0 Å². The van der Waals surface area contributed by atoms with E-state index in [2.05, 4.69) is 34.4 Å². The third-order valence-electron chi connectivity index (χ3n) is 5.31. The van der Waals surface area contributed by atoms with Crippen molar-refractivity contribution in [3.63, 3.8) is 0 Å². The Kier molecular flexibility index (Phi) is 6.77. The molecule has 1 aliphatic rings. The summed E-state index contributed by atoms with van der Waals surface area (Å²) in [5.74, 6) is 2.57. The molecule has 0 bridgehead atoms. The lowest BCUT2D eigenvalue weighted by molar-refractivity contribution is 0.0754. The number of aromatic nitrogens is 6. The highest BCUT2D eigenvalue weighted by Gasteiger charge is 2.27. The number of H-pyrrole nitrogens is 1. The van der Waals surface area contributed by atoms with Crippen molar-refractivity contribution in [1.29, 1.82) is 0 Å². The topological polar surface area (TPSA) is 113 Å². The average molecular weight is 390 g/mol. The number of rotatable bonds is 7. The van der Waals surface area contributed by atoms with Gasteiger partial charge in [0.15, 0.2) is 11.5 Å². The first-order valence-corrected chi connectivity index (χ1v) is 10.2. The summed E-state index contributed by atoms with van der Waals surface area (Å²) in [5, 5.41) is 24.5. The Hall–Kier alpha value is -2.29. The summed E-state index contributed by atoms with van der Waals surface area (Å²) in [4.78, 5) is 19.4. The normalized spacial score (nSPS) is 17.9. The number of nitrogens with one attached hydrogen (secondary N) is 1. The molecule has 9 heteroatoms.